The molecule has 1 heterocycles. The molecule has 0 saturated heterocycles. The number of fused-ring (bicyclic) bond motifs is 1. The largest absolute Gasteiger partial charge is 0.326 e. The fourth-order valence-corrected chi connectivity index (χ4v) is 1.94. The molecular formula is C14H18N2O2. The van der Waals surface area contributed by atoms with Crippen LogP contribution in [-0.2, 0) is 15.0 Å². The molecule has 96 valence electrons. The van der Waals surface area contributed by atoms with Crippen molar-refractivity contribution in [3.63, 3.8) is 0 Å². The average molecular weight is 246 g/mol. The minimum atomic E-state index is -0.548. The number of amides is 2. The molecule has 0 atom stereocenters. The molecule has 0 saturated carbocycles. The van der Waals surface area contributed by atoms with Gasteiger partial charge in [-0.15, -0.1) is 0 Å². The van der Waals surface area contributed by atoms with Gasteiger partial charge in [0.1, 0.15) is 0 Å². The fraction of sp³-hybridized carbons (Fsp3) is 0.429. The van der Waals surface area contributed by atoms with Crippen LogP contribution in [-0.4, -0.2) is 11.8 Å². The summed E-state index contributed by atoms with van der Waals surface area (Å²) in [6.07, 6.45) is 0. The summed E-state index contributed by atoms with van der Waals surface area (Å²) >= 11 is 0. The fourth-order valence-electron chi connectivity index (χ4n) is 1.94. The summed E-state index contributed by atoms with van der Waals surface area (Å²) in [4.78, 5) is 23.4. The monoisotopic (exact) mass is 246 g/mol. The van der Waals surface area contributed by atoms with Crippen molar-refractivity contribution in [2.75, 3.05) is 10.6 Å². The molecule has 0 unspecified atom stereocenters. The molecule has 1 aromatic rings. The normalized spacial score (nSPS) is 16.4. The molecule has 0 spiro atoms. The predicted octanol–water partition coefficient (Wildman–Crippen LogP) is 2.51. The minimum Gasteiger partial charge on any atom is -0.326 e. The lowest BCUT2D eigenvalue weighted by Crippen LogP contribution is -2.27. The zero-order chi connectivity index (χ0) is 13.5. The van der Waals surface area contributed by atoms with E-state index in [1.54, 1.807) is 6.07 Å². The number of carbonyl (C=O) groups is 2. The van der Waals surface area contributed by atoms with Gasteiger partial charge in [-0.3, -0.25) is 9.59 Å². The van der Waals surface area contributed by atoms with Gasteiger partial charge in [0.05, 0.1) is 5.41 Å². The van der Waals surface area contributed by atoms with E-state index in [-0.39, 0.29) is 17.7 Å². The first-order valence-electron chi connectivity index (χ1n) is 6.09. The lowest BCUT2D eigenvalue weighted by atomic mass is 9.86. The van der Waals surface area contributed by atoms with E-state index in [0.29, 0.717) is 0 Å². The van der Waals surface area contributed by atoms with Gasteiger partial charge in [0.25, 0.3) is 0 Å². The van der Waals surface area contributed by atoms with E-state index in [2.05, 4.69) is 10.6 Å². The second-order valence-corrected chi connectivity index (χ2v) is 5.48. The van der Waals surface area contributed by atoms with Crippen LogP contribution >= 0.6 is 0 Å². The van der Waals surface area contributed by atoms with Crippen LogP contribution in [0.5, 0.6) is 0 Å². The van der Waals surface area contributed by atoms with Crippen molar-refractivity contribution in [2.45, 2.75) is 33.1 Å². The molecule has 0 aromatic heterocycles. The Morgan fingerprint density at radius 2 is 2.00 bits per heavy atom. The quantitative estimate of drug-likeness (QED) is 0.842. The maximum atomic E-state index is 11.8. The number of anilines is 2. The third-order valence-corrected chi connectivity index (χ3v) is 3.30. The maximum Gasteiger partial charge on any atom is 0.234 e. The first kappa shape index (κ1) is 12.6. The van der Waals surface area contributed by atoms with Crippen molar-refractivity contribution >= 4 is 23.2 Å². The third-order valence-electron chi connectivity index (χ3n) is 3.30. The Morgan fingerprint density at radius 3 is 2.61 bits per heavy atom. The van der Waals surface area contributed by atoms with E-state index in [9.17, 15) is 9.59 Å². The van der Waals surface area contributed by atoms with Gasteiger partial charge in [0.15, 0.2) is 0 Å². The molecule has 1 aliphatic heterocycles. The molecule has 4 heteroatoms. The molecule has 0 bridgehead atoms. The zero-order valence-corrected chi connectivity index (χ0v) is 11.1. The molecule has 2 rings (SSSR count). The van der Waals surface area contributed by atoms with Crippen molar-refractivity contribution in [3.8, 4) is 0 Å². The van der Waals surface area contributed by atoms with Gasteiger partial charge < -0.3 is 10.6 Å². The second kappa shape index (κ2) is 4.12. The highest BCUT2D eigenvalue weighted by atomic mass is 16.2. The van der Waals surface area contributed by atoms with Gasteiger partial charge in [0.2, 0.25) is 11.8 Å². The van der Waals surface area contributed by atoms with Crippen LogP contribution in [0, 0.1) is 5.92 Å². The van der Waals surface area contributed by atoms with Gasteiger partial charge in [-0.05, 0) is 37.6 Å². The highest BCUT2D eigenvalue weighted by Crippen LogP contribution is 2.38. The molecule has 0 aliphatic carbocycles. The molecule has 0 radical (unpaired) electrons. The molecule has 18 heavy (non-hydrogen) atoms. The Hall–Kier alpha value is -1.84. The summed E-state index contributed by atoms with van der Waals surface area (Å²) in [6.45, 7) is 7.44. The molecule has 0 fully saturated rings. The van der Waals surface area contributed by atoms with E-state index in [4.69, 9.17) is 0 Å². The molecular weight excluding hydrogens is 228 g/mol. The highest BCUT2D eigenvalue weighted by molar-refractivity contribution is 6.06. The lowest BCUT2D eigenvalue weighted by Gasteiger charge is -2.16. The summed E-state index contributed by atoms with van der Waals surface area (Å²) in [6, 6.07) is 5.51. The molecule has 4 nitrogen and oxygen atoms in total. The summed E-state index contributed by atoms with van der Waals surface area (Å²) in [5.74, 6) is -0.0964. The maximum absolute atomic E-state index is 11.8. The van der Waals surface area contributed by atoms with Crippen LogP contribution in [0.3, 0.4) is 0 Å². The van der Waals surface area contributed by atoms with Gasteiger partial charge in [-0.2, -0.15) is 0 Å². The van der Waals surface area contributed by atoms with Crippen LogP contribution in [0.25, 0.3) is 0 Å². The van der Waals surface area contributed by atoms with Crippen molar-refractivity contribution in [3.05, 3.63) is 23.8 Å². The zero-order valence-electron chi connectivity index (χ0n) is 11.1. The minimum absolute atomic E-state index is 0.00941. The summed E-state index contributed by atoms with van der Waals surface area (Å²) < 4.78 is 0. The van der Waals surface area contributed by atoms with E-state index >= 15 is 0 Å². The van der Waals surface area contributed by atoms with Crippen LogP contribution < -0.4 is 10.6 Å². The SMILES string of the molecule is CC(C)C(=O)Nc1ccc2c(c1)C(C)(C)C(=O)N2. The van der Waals surface area contributed by atoms with Gasteiger partial charge in [0, 0.05) is 17.3 Å². The Labute approximate surface area is 107 Å². The van der Waals surface area contributed by atoms with Gasteiger partial charge in [-0.1, -0.05) is 13.8 Å². The number of hydrogen-bond donors (Lipinski definition) is 2. The lowest BCUT2D eigenvalue weighted by molar-refractivity contribution is -0.120. The highest BCUT2D eigenvalue weighted by Gasteiger charge is 2.38. The number of nitrogens with one attached hydrogen (secondary N) is 2. The standard InChI is InChI=1S/C14H18N2O2/c1-8(2)12(17)15-9-5-6-11-10(7-9)14(3,4)13(18)16-11/h5-8H,1-4H3,(H,15,17)(H,16,18). The third kappa shape index (κ3) is 1.98. The Morgan fingerprint density at radius 1 is 1.33 bits per heavy atom. The van der Waals surface area contributed by atoms with E-state index in [1.807, 2.05) is 39.8 Å². The molecule has 1 aliphatic rings. The van der Waals surface area contributed by atoms with Crippen molar-refractivity contribution in [2.24, 2.45) is 5.92 Å². The Bertz CT molecular complexity index is 519. The van der Waals surface area contributed by atoms with Crippen LogP contribution in [0.15, 0.2) is 18.2 Å². The van der Waals surface area contributed by atoms with E-state index in [0.717, 1.165) is 16.9 Å². The summed E-state index contributed by atoms with van der Waals surface area (Å²) in [7, 11) is 0. The van der Waals surface area contributed by atoms with Crippen LogP contribution in [0.4, 0.5) is 11.4 Å². The number of benzene rings is 1. The average Bonchev–Trinajstić information content (AvgIpc) is 2.51. The predicted molar refractivity (Wildman–Crippen MR) is 71.6 cm³/mol. The van der Waals surface area contributed by atoms with E-state index in [1.165, 1.54) is 0 Å². The summed E-state index contributed by atoms with van der Waals surface area (Å²) in [5, 5.41) is 5.68. The number of hydrogen-bond acceptors (Lipinski definition) is 2. The smallest absolute Gasteiger partial charge is 0.234 e. The van der Waals surface area contributed by atoms with Crippen molar-refractivity contribution in [1.82, 2.24) is 0 Å². The molecule has 2 N–H and O–H groups in total. The van der Waals surface area contributed by atoms with E-state index < -0.39 is 5.41 Å². The van der Waals surface area contributed by atoms with Crippen molar-refractivity contribution in [1.29, 1.82) is 0 Å². The van der Waals surface area contributed by atoms with Crippen LogP contribution in [0.2, 0.25) is 0 Å². The Balaban J connectivity index is 2.32. The number of rotatable bonds is 2. The first-order chi connectivity index (χ1) is 8.32. The first-order valence-corrected chi connectivity index (χ1v) is 6.09. The summed E-state index contributed by atoms with van der Waals surface area (Å²) in [5.41, 5.74) is 1.94. The van der Waals surface area contributed by atoms with Crippen LogP contribution in [0.1, 0.15) is 33.3 Å². The molecule has 1 aromatic carbocycles. The van der Waals surface area contributed by atoms with Gasteiger partial charge >= 0.3 is 0 Å². The number of carbonyl (C=O) groups excluding carboxylic acids is 2. The van der Waals surface area contributed by atoms with Gasteiger partial charge in [-0.25, -0.2) is 0 Å². The second-order valence-electron chi connectivity index (χ2n) is 5.48. The topological polar surface area (TPSA) is 58.2 Å². The molecule has 2 amide bonds. The Kier molecular flexibility index (Phi) is 2.89. The van der Waals surface area contributed by atoms with Crippen molar-refractivity contribution < 1.29 is 9.59 Å².